The number of likely N-dealkylation sites (tertiary alicyclic amines) is 1. The Morgan fingerprint density at radius 3 is 0.789 bits per heavy atom. The molecule has 0 aliphatic carbocycles. The number of halogens is 6. The summed E-state index contributed by atoms with van der Waals surface area (Å²) in [7, 11) is 13.8. The summed E-state index contributed by atoms with van der Waals surface area (Å²) in [6, 6.07) is 49.2. The third kappa shape index (κ3) is 128. The Morgan fingerprint density at radius 1 is 0.526 bits per heavy atom. The Morgan fingerprint density at radius 2 is 0.684 bits per heavy atom. The third-order valence-corrected chi connectivity index (χ3v) is 91.8. The number of ketones is 3. The maximum Gasteiger partial charge on any atom is 0.0346 e. The van der Waals surface area contributed by atoms with Gasteiger partial charge in [-0.3, -0.25) is 24.2 Å². The molecule has 0 bridgehead atoms. The molecule has 3 amide bonds. The number of nitrogens with one attached hydrogen (secondary N) is 1. The van der Waals surface area contributed by atoms with Crippen molar-refractivity contribution >= 4 is 200 Å². The van der Waals surface area contributed by atoms with Gasteiger partial charge in [0.05, 0.1) is 0 Å². The van der Waals surface area contributed by atoms with Crippen molar-refractivity contribution in [2.24, 2.45) is 0 Å². The Hall–Kier alpha value is 3.61. The number of Topliss-reactive ketones (excluding diaryl/α,β-unsaturated/α-hetero) is 3. The fraction of sp³-hybridized carbons (Fsp3) is 0.531. The van der Waals surface area contributed by atoms with E-state index in [1.54, 1.807) is 58.3 Å². The van der Waals surface area contributed by atoms with Crippen LogP contribution in [-0.4, -0.2) is 253 Å². The molecule has 0 unspecified atom stereocenters. The number of benzene rings is 4. The van der Waals surface area contributed by atoms with E-state index in [0.717, 1.165) is 84.6 Å². The number of aliphatic hydroxyl groups excluding tert-OH is 2. The Balaban J connectivity index is -0.0000000630. The second-order valence-corrected chi connectivity index (χ2v) is 84.3. The molecule has 4 heterocycles. The molecule has 4 aliphatic rings. The topological polar surface area (TPSA) is 171 Å². The molecule has 95 heavy (non-hydrogen) atoms. The molecule has 0 aromatic heterocycles. The molecule has 0 saturated carbocycles. The molecule has 0 spiro atoms. The number of piperazine rings is 2. The van der Waals surface area contributed by atoms with Gasteiger partial charge in [-0.1, -0.05) is 203 Å². The van der Waals surface area contributed by atoms with E-state index in [1.165, 1.54) is 27.7 Å². The van der Waals surface area contributed by atoms with Crippen LogP contribution in [0.2, 0.25) is 0 Å². The number of carbonyl (C=O) groups excluding carboxylic acids is 6. The van der Waals surface area contributed by atoms with Crippen molar-refractivity contribution in [2.75, 3.05) is 140 Å². The molecule has 31 heteroatoms. The van der Waals surface area contributed by atoms with Crippen LogP contribution >= 0.6 is 134 Å². The smallest absolute Gasteiger partial charge is 0.0346 e. The zero-order valence-electron chi connectivity index (χ0n) is 58.7. The molecule has 8 rings (SSSR count). The van der Waals surface area contributed by atoms with E-state index in [2.05, 4.69) is 129 Å². The monoisotopic (exact) mass is 2240 g/mol. The summed E-state index contributed by atoms with van der Waals surface area (Å²) >= 11 is 19.3. The van der Waals surface area contributed by atoms with Gasteiger partial charge in [0.1, 0.15) is 19.0 Å². The minimum absolute atomic E-state index is 0. The van der Waals surface area contributed by atoms with Crippen molar-refractivity contribution in [1.82, 2.24) is 29.8 Å². The van der Waals surface area contributed by atoms with E-state index in [9.17, 15) is 28.8 Å². The van der Waals surface area contributed by atoms with Crippen LogP contribution in [0.15, 0.2) is 146 Å². The van der Waals surface area contributed by atoms with E-state index in [-0.39, 0.29) is 155 Å². The summed E-state index contributed by atoms with van der Waals surface area (Å²) in [6.45, 7) is 25.7. The number of nitrogens with zero attached hydrogens (tertiary/aromatic N) is 5. The molecular formula is C64H113ArB4I6N6O8S4Y2-3. The van der Waals surface area contributed by atoms with Crippen LogP contribution in [-0.2, 0) is 94.2 Å². The van der Waals surface area contributed by atoms with E-state index < -0.39 is 6.39 Å². The summed E-state index contributed by atoms with van der Waals surface area (Å²) < 4.78 is 0. The van der Waals surface area contributed by atoms with E-state index >= 15 is 0 Å². The molecule has 4 aromatic carbocycles. The standard InChI is InChI=1S/C10H16N3O2.C8H14N3O.4C6H6.2C3H6O2.C3H6O.3C2H6S.2C2H6.CH3I.CH4S.CH4.Ar.B4.I5.2Y/c1-9(15)13-6-10(7-13)12-4-2-11(8-14)3-5-12;12-7-10-1-3-11(4-2-10)8-5-9-6-8;4*1-2-4-6-5-3-1;2*1-3(5)2-4;1-3(2)4;3*1-3-2;4*1-2;;;1-4(2)3;1-4-5(2)3;;/h10H,2-7H2,1H3;8-9H,1-6H2;4*1-6H;2*4H,2H2,1H3;1-2H3;3*1-2H3;2*1-2H3;1H3;2H,1H3;1H4;;;;;/q2*-1;;;;;;;;;;;;;;;;;;-1;;. The van der Waals surface area contributed by atoms with Crippen LogP contribution in [0.5, 0.6) is 0 Å². The molecule has 0 atom stereocenters. The molecule has 4 fully saturated rings. The van der Waals surface area contributed by atoms with E-state index in [1.807, 2.05) is 233 Å². The van der Waals surface area contributed by atoms with Gasteiger partial charge in [0.25, 0.3) is 0 Å². The van der Waals surface area contributed by atoms with Gasteiger partial charge in [-0.15, -0.1) is 0 Å². The maximum atomic E-state index is 11.0. The first-order valence-electron chi connectivity index (χ1n) is 28.6. The number of alkyl halides is 1. The van der Waals surface area contributed by atoms with Crippen LogP contribution < -0.4 is 18.6 Å². The van der Waals surface area contributed by atoms with Crippen LogP contribution in [0.4, 0.5) is 0 Å². The average Bonchev–Trinajstić information content (AvgIpc) is 0.842. The third-order valence-electron chi connectivity index (χ3n) is 9.14. The van der Waals surface area contributed by atoms with Gasteiger partial charge in [0, 0.05) is 230 Å². The van der Waals surface area contributed by atoms with Gasteiger partial charge in [-0.25, -0.2) is 0 Å². The van der Waals surface area contributed by atoms with Crippen molar-refractivity contribution in [2.45, 2.75) is 81.8 Å². The van der Waals surface area contributed by atoms with E-state index in [0.29, 0.717) is 19.3 Å². The number of rotatable bonds is 7. The fourth-order valence-corrected chi connectivity index (χ4v) is 5.37. The summed E-state index contributed by atoms with van der Waals surface area (Å²) in [4.78, 5) is 72.3. The van der Waals surface area contributed by atoms with Crippen molar-refractivity contribution in [3.8, 4) is 0 Å². The first-order valence-corrected chi connectivity index (χ1v) is 61.7. The summed E-state index contributed by atoms with van der Waals surface area (Å²) in [5.41, 5.74) is 0. The molecule has 4 aromatic rings. The average molecular weight is 2250 g/mol. The molecule has 3 N–H and O–H groups in total. The van der Waals surface area contributed by atoms with Crippen molar-refractivity contribution in [3.63, 3.8) is 0 Å². The fourth-order valence-electron chi connectivity index (χ4n) is 5.37. The normalized spacial score (nSPS) is 12.0. The SMILES string of the molecule is C.CC.CC.CC(=O)CO.CC(=O)CO.CC(=O)N1CC(N2CCN([C-]=O)CC2)C1.CC(C)=O.CI.CS.CSC.CSC.CSC.I[I-]I(I)I.O=[C-]N1CCN(C2CNC2)CC1.[Ar].[B]B([B])[B].[Y].[Y].c1ccccc1.c1ccccc1.c1ccccc1.c1ccccc1. The first kappa shape index (κ1) is 131. The summed E-state index contributed by atoms with van der Waals surface area (Å²) in [5.74, 6) is -0.0545. The molecule has 8 radical (unpaired) electrons. The molecule has 4 aliphatic heterocycles. The van der Waals surface area contributed by atoms with Crippen LogP contribution in [0.1, 0.15) is 69.7 Å². The largest absolute Gasteiger partial charge is 0.520 e. The zero-order valence-corrected chi connectivity index (χ0v) is 81.4. The molecule has 14 nitrogen and oxygen atoms in total. The Kier molecular flexibility index (Phi) is 164. The van der Waals surface area contributed by atoms with Gasteiger partial charge in [0.15, 0.2) is 11.6 Å². The number of amides is 3. The first-order chi connectivity index (χ1) is 43.6. The minimum Gasteiger partial charge on any atom is -0.520 e. The van der Waals surface area contributed by atoms with Gasteiger partial charge < -0.3 is 44.6 Å². The van der Waals surface area contributed by atoms with Crippen molar-refractivity contribution < 1.29 is 155 Å². The number of thiol groups is 1. The molecule has 4 saturated heterocycles. The summed E-state index contributed by atoms with van der Waals surface area (Å²) in [5, 5.41) is 18.8. The summed E-state index contributed by atoms with van der Waals surface area (Å²) in [6.07, 6.45) is 17.1. The van der Waals surface area contributed by atoms with Crippen LogP contribution in [0, 0.1) is 37.7 Å². The number of hydrogen-bond donors (Lipinski definition) is 4. The van der Waals surface area contributed by atoms with Gasteiger partial charge in [-0.05, 0) is 76.4 Å². The Labute approximate surface area is 740 Å². The predicted molar refractivity (Wildman–Crippen MR) is 460 cm³/mol. The number of aliphatic hydroxyl groups is 2. The van der Waals surface area contributed by atoms with Crippen LogP contribution in [0.25, 0.3) is 0 Å². The molecule has 542 valence electrons. The predicted octanol–water partition coefficient (Wildman–Crippen LogP) is 10.3. The van der Waals surface area contributed by atoms with Crippen LogP contribution in [0.3, 0.4) is 0 Å². The second-order valence-electron chi connectivity index (χ2n) is 16.9. The van der Waals surface area contributed by atoms with E-state index in [4.69, 9.17) is 10.2 Å². The van der Waals surface area contributed by atoms with Gasteiger partial charge >= 0.3 is 77.0 Å². The minimum atomic E-state index is -0.667. The number of thioether (sulfide) groups is 3. The van der Waals surface area contributed by atoms with Crippen molar-refractivity contribution in [1.29, 1.82) is 0 Å². The number of carbonyl (C=O) groups is 4. The Bertz CT molecular complexity index is 1730. The quantitative estimate of drug-likeness (QED) is 0.0453. The zero-order chi connectivity index (χ0) is 72.3. The van der Waals surface area contributed by atoms with Gasteiger partial charge in [-0.2, -0.15) is 60.7 Å². The maximum absolute atomic E-state index is 11.0. The van der Waals surface area contributed by atoms with Crippen molar-refractivity contribution in [3.05, 3.63) is 146 Å². The molecular weight excluding hydrogens is 2130 g/mol. The second kappa shape index (κ2) is 119. The van der Waals surface area contributed by atoms with Gasteiger partial charge in [0.2, 0.25) is 5.91 Å². The number of hydrogen-bond acceptors (Lipinski definition) is 15.